The van der Waals surface area contributed by atoms with Gasteiger partial charge in [-0.2, -0.15) is 8.75 Å². The van der Waals surface area contributed by atoms with Gasteiger partial charge in [-0.1, -0.05) is 6.07 Å². The summed E-state index contributed by atoms with van der Waals surface area (Å²) < 4.78 is 8.64. The number of likely N-dealkylation sites (N-methyl/N-ethyl adjacent to an activating group) is 1. The standard InChI is InChI=1S/C18H25N5OS/c1-21-8-7-18(6-5-17(21)24)13-23(10-9-22(18)2)12-14-3-4-15-16(11-14)20-25-19-15/h3-4,11H,5-10,12-13H2,1-2H3/t18-/m1/s1. The van der Waals surface area contributed by atoms with Gasteiger partial charge in [0.05, 0.1) is 11.7 Å². The Morgan fingerprint density at radius 3 is 2.84 bits per heavy atom. The zero-order valence-electron chi connectivity index (χ0n) is 14.9. The van der Waals surface area contributed by atoms with E-state index in [9.17, 15) is 4.79 Å². The van der Waals surface area contributed by atoms with Crippen LogP contribution < -0.4 is 0 Å². The first-order valence-electron chi connectivity index (χ1n) is 8.95. The molecule has 6 nitrogen and oxygen atoms in total. The molecule has 2 saturated heterocycles. The molecule has 1 atom stereocenters. The van der Waals surface area contributed by atoms with E-state index in [2.05, 4.69) is 43.8 Å². The lowest BCUT2D eigenvalue weighted by atomic mass is 9.86. The van der Waals surface area contributed by atoms with Crippen molar-refractivity contribution in [2.24, 2.45) is 0 Å². The molecular weight excluding hydrogens is 334 g/mol. The molecule has 134 valence electrons. The number of carbonyl (C=O) groups excluding carboxylic acids is 1. The summed E-state index contributed by atoms with van der Waals surface area (Å²) in [6.07, 6.45) is 2.67. The summed E-state index contributed by atoms with van der Waals surface area (Å²) in [5.74, 6) is 0.281. The molecule has 25 heavy (non-hydrogen) atoms. The molecule has 1 aromatic carbocycles. The maximum absolute atomic E-state index is 12.1. The number of fused-ring (bicyclic) bond motifs is 1. The molecule has 2 aliphatic heterocycles. The van der Waals surface area contributed by atoms with Crippen molar-refractivity contribution in [1.29, 1.82) is 0 Å². The number of benzene rings is 1. The Morgan fingerprint density at radius 1 is 1.12 bits per heavy atom. The summed E-state index contributed by atoms with van der Waals surface area (Å²) in [5, 5.41) is 0. The van der Waals surface area contributed by atoms with E-state index in [1.165, 1.54) is 17.3 Å². The van der Waals surface area contributed by atoms with E-state index < -0.39 is 0 Å². The van der Waals surface area contributed by atoms with Crippen molar-refractivity contribution in [3.8, 4) is 0 Å². The Labute approximate surface area is 152 Å². The average molecular weight is 359 g/mol. The summed E-state index contributed by atoms with van der Waals surface area (Å²) in [6.45, 7) is 4.94. The second-order valence-corrected chi connectivity index (χ2v) is 8.04. The molecule has 0 aliphatic carbocycles. The number of amides is 1. The van der Waals surface area contributed by atoms with Crippen molar-refractivity contribution in [1.82, 2.24) is 23.4 Å². The van der Waals surface area contributed by atoms with Crippen LogP contribution in [-0.2, 0) is 11.3 Å². The van der Waals surface area contributed by atoms with Crippen molar-refractivity contribution < 1.29 is 4.79 Å². The van der Waals surface area contributed by atoms with Crippen LogP contribution in [0.3, 0.4) is 0 Å². The summed E-state index contributed by atoms with van der Waals surface area (Å²) in [7, 11) is 4.15. The number of rotatable bonds is 2. The van der Waals surface area contributed by atoms with Gasteiger partial charge in [0, 0.05) is 51.7 Å². The first kappa shape index (κ1) is 16.9. The predicted octanol–water partition coefficient (Wildman–Crippen LogP) is 1.82. The Kier molecular flexibility index (Phi) is 4.47. The predicted molar refractivity (Wildman–Crippen MR) is 99.5 cm³/mol. The van der Waals surface area contributed by atoms with E-state index in [0.717, 1.165) is 56.6 Å². The average Bonchev–Trinajstić information content (AvgIpc) is 3.03. The zero-order chi connectivity index (χ0) is 17.4. The first-order chi connectivity index (χ1) is 12.1. The van der Waals surface area contributed by atoms with Crippen molar-refractivity contribution in [2.45, 2.75) is 31.3 Å². The highest BCUT2D eigenvalue weighted by Gasteiger charge is 2.41. The van der Waals surface area contributed by atoms with Crippen LogP contribution in [0.5, 0.6) is 0 Å². The molecule has 3 heterocycles. The highest BCUT2D eigenvalue weighted by molar-refractivity contribution is 7.00. The van der Waals surface area contributed by atoms with Crippen LogP contribution in [0.25, 0.3) is 11.0 Å². The topological polar surface area (TPSA) is 52.6 Å². The quantitative estimate of drug-likeness (QED) is 0.819. The van der Waals surface area contributed by atoms with Gasteiger partial charge < -0.3 is 4.90 Å². The number of likely N-dealkylation sites (tertiary alicyclic amines) is 1. The second kappa shape index (κ2) is 6.63. The molecular formula is C18H25N5OS. The van der Waals surface area contributed by atoms with E-state index in [-0.39, 0.29) is 11.4 Å². The largest absolute Gasteiger partial charge is 0.346 e. The van der Waals surface area contributed by atoms with Crippen molar-refractivity contribution in [3.05, 3.63) is 23.8 Å². The van der Waals surface area contributed by atoms with Gasteiger partial charge in [-0.3, -0.25) is 14.6 Å². The Hall–Kier alpha value is -1.57. The van der Waals surface area contributed by atoms with E-state index in [0.29, 0.717) is 6.42 Å². The molecule has 0 unspecified atom stereocenters. The molecule has 2 fully saturated rings. The zero-order valence-corrected chi connectivity index (χ0v) is 15.8. The van der Waals surface area contributed by atoms with Crippen LogP contribution in [0.4, 0.5) is 0 Å². The van der Waals surface area contributed by atoms with E-state index in [1.54, 1.807) is 0 Å². The third-order valence-electron chi connectivity index (χ3n) is 5.95. The SMILES string of the molecule is CN1CC[C@]2(CCC1=O)CN(Cc1ccc3nsnc3c1)CCN2C. The molecule has 1 amide bonds. The summed E-state index contributed by atoms with van der Waals surface area (Å²) in [6, 6.07) is 6.40. The van der Waals surface area contributed by atoms with Crippen LogP contribution in [0.1, 0.15) is 24.8 Å². The van der Waals surface area contributed by atoms with Crippen LogP contribution in [0, 0.1) is 0 Å². The van der Waals surface area contributed by atoms with Gasteiger partial charge in [0.1, 0.15) is 11.0 Å². The molecule has 1 spiro atoms. The van der Waals surface area contributed by atoms with Crippen LogP contribution >= 0.6 is 11.7 Å². The maximum atomic E-state index is 12.1. The number of hydrogen-bond donors (Lipinski definition) is 0. The summed E-state index contributed by atoms with van der Waals surface area (Å²) >= 11 is 1.27. The highest BCUT2D eigenvalue weighted by Crippen LogP contribution is 2.32. The number of aromatic nitrogens is 2. The minimum absolute atomic E-state index is 0.116. The molecule has 4 rings (SSSR count). The fraction of sp³-hybridized carbons (Fsp3) is 0.611. The smallest absolute Gasteiger partial charge is 0.222 e. The third-order valence-corrected chi connectivity index (χ3v) is 6.50. The van der Waals surface area contributed by atoms with E-state index in [4.69, 9.17) is 0 Å². The monoisotopic (exact) mass is 359 g/mol. The molecule has 0 saturated carbocycles. The Morgan fingerprint density at radius 2 is 1.96 bits per heavy atom. The lowest BCUT2D eigenvalue weighted by molar-refractivity contribution is -0.129. The third kappa shape index (κ3) is 3.28. The van der Waals surface area contributed by atoms with Gasteiger partial charge in [-0.05, 0) is 37.6 Å². The van der Waals surface area contributed by atoms with Crippen molar-refractivity contribution in [2.75, 3.05) is 40.3 Å². The van der Waals surface area contributed by atoms with Gasteiger partial charge in [0.25, 0.3) is 0 Å². The van der Waals surface area contributed by atoms with Gasteiger partial charge >= 0.3 is 0 Å². The normalized spacial score (nSPS) is 26.5. The van der Waals surface area contributed by atoms with Gasteiger partial charge in [-0.25, -0.2) is 0 Å². The Balaban J connectivity index is 1.50. The van der Waals surface area contributed by atoms with E-state index >= 15 is 0 Å². The molecule has 2 aromatic rings. The first-order valence-corrected chi connectivity index (χ1v) is 9.68. The molecule has 2 aliphatic rings. The van der Waals surface area contributed by atoms with Crippen LogP contribution in [0.2, 0.25) is 0 Å². The van der Waals surface area contributed by atoms with Gasteiger partial charge in [0.15, 0.2) is 0 Å². The molecule has 0 N–H and O–H groups in total. The highest BCUT2D eigenvalue weighted by atomic mass is 32.1. The van der Waals surface area contributed by atoms with Gasteiger partial charge in [-0.15, -0.1) is 0 Å². The number of carbonyl (C=O) groups is 1. The molecule has 7 heteroatoms. The van der Waals surface area contributed by atoms with Gasteiger partial charge in [0.2, 0.25) is 5.91 Å². The van der Waals surface area contributed by atoms with Crippen molar-refractivity contribution in [3.63, 3.8) is 0 Å². The lowest BCUT2D eigenvalue weighted by Gasteiger charge is -2.49. The lowest BCUT2D eigenvalue weighted by Crippen LogP contribution is -2.60. The fourth-order valence-electron chi connectivity index (χ4n) is 4.16. The maximum Gasteiger partial charge on any atom is 0.222 e. The minimum Gasteiger partial charge on any atom is -0.346 e. The Bertz CT molecular complexity index is 778. The summed E-state index contributed by atoms with van der Waals surface area (Å²) in [4.78, 5) is 19.0. The van der Waals surface area contributed by atoms with Crippen molar-refractivity contribution >= 4 is 28.7 Å². The molecule has 0 bridgehead atoms. The number of hydrogen-bond acceptors (Lipinski definition) is 6. The van der Waals surface area contributed by atoms with Crippen LogP contribution in [0.15, 0.2) is 18.2 Å². The van der Waals surface area contributed by atoms with Crippen LogP contribution in [-0.4, -0.2) is 75.2 Å². The number of piperazine rings is 1. The molecule has 0 radical (unpaired) electrons. The fourth-order valence-corrected chi connectivity index (χ4v) is 4.68. The number of nitrogens with zero attached hydrogens (tertiary/aromatic N) is 5. The minimum atomic E-state index is 0.116. The second-order valence-electron chi connectivity index (χ2n) is 7.51. The molecule has 1 aromatic heterocycles. The summed E-state index contributed by atoms with van der Waals surface area (Å²) in [5.41, 5.74) is 3.38. The van der Waals surface area contributed by atoms with E-state index in [1.807, 2.05) is 11.9 Å².